The molecule has 1 rings (SSSR count). The van der Waals surface area contributed by atoms with E-state index in [9.17, 15) is 4.79 Å². The number of carbonyl (C=O) groups excluding carboxylic acids is 1. The molecular weight excluding hydrogens is 152 g/mol. The van der Waals surface area contributed by atoms with Crippen LogP contribution in [0.1, 0.15) is 25.7 Å². The first-order chi connectivity index (χ1) is 5.88. The van der Waals surface area contributed by atoms with Crippen molar-refractivity contribution in [3.8, 4) is 0 Å². The van der Waals surface area contributed by atoms with Crippen LogP contribution in [0.5, 0.6) is 0 Å². The molecule has 0 heterocycles. The van der Waals surface area contributed by atoms with Crippen LogP contribution in [-0.2, 0) is 9.53 Å². The summed E-state index contributed by atoms with van der Waals surface area (Å²) in [6.07, 6.45) is 9.52. The molecule has 1 fully saturated rings. The van der Waals surface area contributed by atoms with Crippen molar-refractivity contribution in [3.63, 3.8) is 0 Å². The quantitative estimate of drug-likeness (QED) is 0.475. The lowest BCUT2D eigenvalue weighted by Crippen LogP contribution is -2.24. The standard InChI is InChI=1S/C10H16O2/c1-12-10-7-3-2-5-9(10)6-4-8-11/h4,6,8-10H,2-3,5,7H2,1H3/b6-4+. The van der Waals surface area contributed by atoms with Gasteiger partial charge in [-0.1, -0.05) is 18.9 Å². The normalized spacial score (nSPS) is 30.8. The van der Waals surface area contributed by atoms with Gasteiger partial charge in [-0.25, -0.2) is 0 Å². The average molecular weight is 168 g/mol. The predicted octanol–water partition coefficient (Wildman–Crippen LogP) is 1.95. The van der Waals surface area contributed by atoms with E-state index < -0.39 is 0 Å². The molecule has 0 spiro atoms. The lowest BCUT2D eigenvalue weighted by molar-refractivity contribution is -0.104. The van der Waals surface area contributed by atoms with E-state index in [1.54, 1.807) is 13.2 Å². The Labute approximate surface area is 73.6 Å². The SMILES string of the molecule is COC1CCCCC1/C=C/C=O. The molecule has 0 amide bonds. The van der Waals surface area contributed by atoms with Crippen LogP contribution >= 0.6 is 0 Å². The zero-order valence-electron chi connectivity index (χ0n) is 7.53. The van der Waals surface area contributed by atoms with Crippen molar-refractivity contribution in [3.05, 3.63) is 12.2 Å². The number of ether oxygens (including phenoxy) is 1. The molecule has 0 saturated heterocycles. The Morgan fingerprint density at radius 3 is 2.75 bits per heavy atom. The minimum Gasteiger partial charge on any atom is -0.381 e. The second-order valence-electron chi connectivity index (χ2n) is 3.24. The van der Waals surface area contributed by atoms with Crippen LogP contribution in [0.2, 0.25) is 0 Å². The summed E-state index contributed by atoms with van der Waals surface area (Å²) in [5.74, 6) is 0.453. The van der Waals surface area contributed by atoms with Crippen LogP contribution in [-0.4, -0.2) is 19.5 Å². The molecule has 0 bridgehead atoms. The summed E-state index contributed by atoms with van der Waals surface area (Å²) in [4.78, 5) is 10.1. The van der Waals surface area contributed by atoms with E-state index in [0.29, 0.717) is 12.0 Å². The minimum absolute atomic E-state index is 0.329. The monoisotopic (exact) mass is 168 g/mol. The smallest absolute Gasteiger partial charge is 0.142 e. The van der Waals surface area contributed by atoms with E-state index in [4.69, 9.17) is 4.74 Å². The van der Waals surface area contributed by atoms with Gasteiger partial charge in [-0.05, 0) is 18.9 Å². The third kappa shape index (κ3) is 2.45. The van der Waals surface area contributed by atoms with Gasteiger partial charge in [0.1, 0.15) is 6.29 Å². The summed E-state index contributed by atoms with van der Waals surface area (Å²) in [5.41, 5.74) is 0. The molecule has 1 saturated carbocycles. The van der Waals surface area contributed by atoms with Gasteiger partial charge in [-0.15, -0.1) is 0 Å². The van der Waals surface area contributed by atoms with E-state index in [1.165, 1.54) is 12.8 Å². The first kappa shape index (κ1) is 9.46. The van der Waals surface area contributed by atoms with Gasteiger partial charge in [-0.3, -0.25) is 4.79 Å². The predicted molar refractivity (Wildman–Crippen MR) is 48.0 cm³/mol. The Bertz CT molecular complexity index is 163. The highest BCUT2D eigenvalue weighted by molar-refractivity contribution is 5.64. The van der Waals surface area contributed by atoms with E-state index >= 15 is 0 Å². The molecule has 12 heavy (non-hydrogen) atoms. The molecule has 0 aromatic rings. The maximum Gasteiger partial charge on any atom is 0.142 e. The molecule has 0 aromatic heterocycles. The number of aldehydes is 1. The second kappa shape index (κ2) is 5.09. The molecule has 1 aliphatic rings. The Hall–Kier alpha value is -0.630. The molecule has 2 nitrogen and oxygen atoms in total. The Balaban J connectivity index is 2.46. The second-order valence-corrected chi connectivity index (χ2v) is 3.24. The van der Waals surface area contributed by atoms with Crippen LogP contribution in [0.15, 0.2) is 12.2 Å². The van der Waals surface area contributed by atoms with Gasteiger partial charge in [0, 0.05) is 13.0 Å². The number of allylic oxidation sites excluding steroid dienone is 1. The van der Waals surface area contributed by atoms with Gasteiger partial charge in [0.15, 0.2) is 0 Å². The average Bonchev–Trinajstić information content (AvgIpc) is 2.15. The van der Waals surface area contributed by atoms with E-state index in [0.717, 1.165) is 19.1 Å². The molecule has 2 atom stereocenters. The number of hydrogen-bond donors (Lipinski definition) is 0. The van der Waals surface area contributed by atoms with Crippen LogP contribution in [0, 0.1) is 5.92 Å². The van der Waals surface area contributed by atoms with Crippen molar-refractivity contribution >= 4 is 6.29 Å². The van der Waals surface area contributed by atoms with Crippen molar-refractivity contribution in [2.75, 3.05) is 7.11 Å². The zero-order valence-corrected chi connectivity index (χ0v) is 7.53. The summed E-state index contributed by atoms with van der Waals surface area (Å²) in [7, 11) is 1.75. The fourth-order valence-electron chi connectivity index (χ4n) is 1.83. The first-order valence-electron chi connectivity index (χ1n) is 4.53. The fourth-order valence-corrected chi connectivity index (χ4v) is 1.83. The maximum atomic E-state index is 10.1. The Kier molecular flexibility index (Phi) is 4.01. The van der Waals surface area contributed by atoms with Crippen molar-refractivity contribution in [2.24, 2.45) is 5.92 Å². The zero-order chi connectivity index (χ0) is 8.81. The summed E-state index contributed by atoms with van der Waals surface area (Å²) in [5, 5.41) is 0. The van der Waals surface area contributed by atoms with Crippen molar-refractivity contribution < 1.29 is 9.53 Å². The lowest BCUT2D eigenvalue weighted by atomic mass is 9.86. The highest BCUT2D eigenvalue weighted by Crippen LogP contribution is 2.27. The molecule has 2 unspecified atom stereocenters. The van der Waals surface area contributed by atoms with Crippen LogP contribution in [0.25, 0.3) is 0 Å². The third-order valence-electron chi connectivity index (χ3n) is 2.49. The Morgan fingerprint density at radius 1 is 1.33 bits per heavy atom. The molecule has 0 aliphatic heterocycles. The maximum absolute atomic E-state index is 10.1. The van der Waals surface area contributed by atoms with Gasteiger partial charge < -0.3 is 4.74 Å². The molecule has 1 aliphatic carbocycles. The third-order valence-corrected chi connectivity index (χ3v) is 2.49. The van der Waals surface area contributed by atoms with Crippen LogP contribution in [0.4, 0.5) is 0 Å². The van der Waals surface area contributed by atoms with E-state index in [1.807, 2.05) is 6.08 Å². The lowest BCUT2D eigenvalue weighted by Gasteiger charge is -2.27. The van der Waals surface area contributed by atoms with Gasteiger partial charge in [0.05, 0.1) is 6.10 Å². The number of carbonyl (C=O) groups is 1. The number of hydrogen-bond acceptors (Lipinski definition) is 2. The topological polar surface area (TPSA) is 26.3 Å². The van der Waals surface area contributed by atoms with Crippen LogP contribution in [0.3, 0.4) is 0 Å². The Morgan fingerprint density at radius 2 is 2.08 bits per heavy atom. The largest absolute Gasteiger partial charge is 0.381 e. The van der Waals surface area contributed by atoms with Crippen molar-refractivity contribution in [1.82, 2.24) is 0 Å². The molecule has 2 heteroatoms. The summed E-state index contributed by atoms with van der Waals surface area (Å²) in [6.45, 7) is 0. The van der Waals surface area contributed by atoms with Gasteiger partial charge in [0.2, 0.25) is 0 Å². The van der Waals surface area contributed by atoms with Crippen LogP contribution < -0.4 is 0 Å². The summed E-state index contributed by atoms with van der Waals surface area (Å²) < 4.78 is 5.33. The van der Waals surface area contributed by atoms with Crippen molar-refractivity contribution in [2.45, 2.75) is 31.8 Å². The van der Waals surface area contributed by atoms with E-state index in [-0.39, 0.29) is 0 Å². The molecule has 0 aromatic carbocycles. The van der Waals surface area contributed by atoms with E-state index in [2.05, 4.69) is 0 Å². The summed E-state index contributed by atoms with van der Waals surface area (Å²) in [6, 6.07) is 0. The fraction of sp³-hybridized carbons (Fsp3) is 0.700. The van der Waals surface area contributed by atoms with Gasteiger partial charge in [-0.2, -0.15) is 0 Å². The van der Waals surface area contributed by atoms with Crippen molar-refractivity contribution in [1.29, 1.82) is 0 Å². The molecule has 68 valence electrons. The highest BCUT2D eigenvalue weighted by Gasteiger charge is 2.21. The summed E-state index contributed by atoms with van der Waals surface area (Å²) >= 11 is 0. The molecular formula is C10H16O2. The van der Waals surface area contributed by atoms with Gasteiger partial charge in [0.25, 0.3) is 0 Å². The first-order valence-corrected chi connectivity index (χ1v) is 4.53. The van der Waals surface area contributed by atoms with Gasteiger partial charge >= 0.3 is 0 Å². The number of methoxy groups -OCH3 is 1. The minimum atomic E-state index is 0.329. The highest BCUT2D eigenvalue weighted by atomic mass is 16.5. The molecule has 0 N–H and O–H groups in total. The molecule has 0 radical (unpaired) electrons. The number of rotatable bonds is 3.